The lowest BCUT2D eigenvalue weighted by Crippen LogP contribution is -2.52. The minimum Gasteiger partial charge on any atom is -0.339 e. The fourth-order valence-electron chi connectivity index (χ4n) is 3.12. The van der Waals surface area contributed by atoms with Gasteiger partial charge in [0.25, 0.3) is 0 Å². The van der Waals surface area contributed by atoms with Crippen LogP contribution in [0.3, 0.4) is 0 Å². The smallest absolute Gasteiger partial charge is 0.244 e. The van der Waals surface area contributed by atoms with Gasteiger partial charge in [-0.1, -0.05) is 32.4 Å². The number of amides is 1. The summed E-state index contributed by atoms with van der Waals surface area (Å²) in [5, 5.41) is 9.17. The summed E-state index contributed by atoms with van der Waals surface area (Å²) in [6, 6.07) is 8.15. The lowest BCUT2D eigenvalue weighted by atomic mass is 10.2. The molecule has 1 aromatic carbocycles. The van der Waals surface area contributed by atoms with E-state index in [4.69, 9.17) is 0 Å². The van der Waals surface area contributed by atoms with Crippen molar-refractivity contribution in [3.05, 3.63) is 29.8 Å². The Morgan fingerprint density at radius 2 is 1.85 bits per heavy atom. The van der Waals surface area contributed by atoms with Gasteiger partial charge in [0.05, 0.1) is 17.0 Å². The molecule has 1 fully saturated rings. The Hall–Kier alpha value is -1.95. The quantitative estimate of drug-likeness (QED) is 0.670. The Labute approximate surface area is 162 Å². The highest BCUT2D eigenvalue weighted by molar-refractivity contribution is 7.89. The average molecular weight is 393 g/mol. The maximum Gasteiger partial charge on any atom is 0.244 e. The predicted molar refractivity (Wildman–Crippen MR) is 104 cm³/mol. The first-order chi connectivity index (χ1) is 12.9. The summed E-state index contributed by atoms with van der Waals surface area (Å²) in [4.78, 5) is 16.4. The molecule has 27 heavy (non-hydrogen) atoms. The third kappa shape index (κ3) is 5.28. The van der Waals surface area contributed by atoms with Crippen molar-refractivity contribution in [2.24, 2.45) is 0 Å². The number of benzene rings is 1. The van der Waals surface area contributed by atoms with Crippen LogP contribution < -0.4 is 0 Å². The fourth-order valence-corrected chi connectivity index (χ4v) is 4.69. The molecule has 148 valence electrons. The first-order valence-corrected chi connectivity index (χ1v) is 10.9. The second-order valence-corrected chi connectivity index (χ2v) is 8.52. The highest BCUT2D eigenvalue weighted by atomic mass is 32.2. The summed E-state index contributed by atoms with van der Waals surface area (Å²) in [5.41, 5.74) is 0.144. The molecule has 1 amide bonds. The molecule has 7 nitrogen and oxygen atoms in total. The molecule has 0 spiro atoms. The minimum atomic E-state index is -3.73. The first-order valence-electron chi connectivity index (χ1n) is 9.43. The van der Waals surface area contributed by atoms with E-state index in [0.717, 1.165) is 25.9 Å². The molecule has 1 saturated heterocycles. The largest absolute Gasteiger partial charge is 0.339 e. The Balaban J connectivity index is 1.98. The van der Waals surface area contributed by atoms with E-state index >= 15 is 0 Å². The van der Waals surface area contributed by atoms with Gasteiger partial charge in [0.2, 0.25) is 15.9 Å². The first kappa shape index (κ1) is 21.4. The standard InChI is InChI=1S/C19H28N4O3S/c1-3-5-10-21(4-2)16-19(24)22-11-13-23(14-12-22)27(25,26)18-9-7-6-8-17(18)15-20/h6-9H,3-5,10-14,16H2,1-2H3. The number of rotatable bonds is 8. The van der Waals surface area contributed by atoms with Crippen molar-refractivity contribution in [3.63, 3.8) is 0 Å². The van der Waals surface area contributed by atoms with E-state index in [0.29, 0.717) is 19.6 Å². The lowest BCUT2D eigenvalue weighted by molar-refractivity contribution is -0.133. The number of unbranched alkanes of at least 4 members (excludes halogenated alkanes) is 1. The molecule has 0 bridgehead atoms. The van der Waals surface area contributed by atoms with Crippen LogP contribution in [0, 0.1) is 11.3 Å². The van der Waals surface area contributed by atoms with Gasteiger partial charge in [-0.3, -0.25) is 9.69 Å². The van der Waals surface area contributed by atoms with Crippen LogP contribution in [0.15, 0.2) is 29.2 Å². The molecule has 0 aliphatic carbocycles. The Morgan fingerprint density at radius 1 is 1.19 bits per heavy atom. The van der Waals surface area contributed by atoms with E-state index in [9.17, 15) is 18.5 Å². The van der Waals surface area contributed by atoms with Crippen LogP contribution in [0.4, 0.5) is 0 Å². The Morgan fingerprint density at radius 3 is 2.44 bits per heavy atom. The number of carbonyl (C=O) groups is 1. The van der Waals surface area contributed by atoms with E-state index in [1.54, 1.807) is 17.0 Å². The van der Waals surface area contributed by atoms with Crippen molar-refractivity contribution < 1.29 is 13.2 Å². The van der Waals surface area contributed by atoms with Gasteiger partial charge in [0.15, 0.2) is 0 Å². The summed E-state index contributed by atoms with van der Waals surface area (Å²) in [6.07, 6.45) is 2.15. The molecular weight excluding hydrogens is 364 g/mol. The summed E-state index contributed by atoms with van der Waals surface area (Å²) in [6.45, 7) is 7.50. The number of nitriles is 1. The third-order valence-corrected chi connectivity index (χ3v) is 6.81. The molecule has 0 unspecified atom stereocenters. The van der Waals surface area contributed by atoms with E-state index in [1.807, 2.05) is 13.0 Å². The topological polar surface area (TPSA) is 84.7 Å². The van der Waals surface area contributed by atoms with Crippen LogP contribution in [-0.2, 0) is 14.8 Å². The summed E-state index contributed by atoms with van der Waals surface area (Å²) < 4.78 is 27.1. The van der Waals surface area contributed by atoms with Crippen LogP contribution in [0.25, 0.3) is 0 Å². The highest BCUT2D eigenvalue weighted by Crippen LogP contribution is 2.21. The SMILES string of the molecule is CCCCN(CC)CC(=O)N1CCN(S(=O)(=O)c2ccccc2C#N)CC1. The lowest BCUT2D eigenvalue weighted by Gasteiger charge is -2.35. The van der Waals surface area contributed by atoms with Gasteiger partial charge in [-0.05, 0) is 31.6 Å². The normalized spacial score (nSPS) is 15.7. The van der Waals surface area contributed by atoms with Crippen LogP contribution in [-0.4, -0.2) is 74.2 Å². The molecule has 2 rings (SSSR count). The van der Waals surface area contributed by atoms with Gasteiger partial charge < -0.3 is 4.90 Å². The van der Waals surface area contributed by atoms with Crippen molar-refractivity contribution in [1.82, 2.24) is 14.1 Å². The average Bonchev–Trinajstić information content (AvgIpc) is 2.70. The van der Waals surface area contributed by atoms with Crippen LogP contribution in [0.2, 0.25) is 0 Å². The van der Waals surface area contributed by atoms with Gasteiger partial charge in [-0.25, -0.2) is 8.42 Å². The van der Waals surface area contributed by atoms with Crippen LogP contribution in [0.1, 0.15) is 32.3 Å². The highest BCUT2D eigenvalue weighted by Gasteiger charge is 2.31. The predicted octanol–water partition coefficient (Wildman–Crippen LogP) is 1.51. The maximum atomic E-state index is 12.8. The maximum absolute atomic E-state index is 12.8. The van der Waals surface area contributed by atoms with Crippen molar-refractivity contribution in [3.8, 4) is 6.07 Å². The summed E-state index contributed by atoms with van der Waals surface area (Å²) in [7, 11) is -3.73. The van der Waals surface area contributed by atoms with Gasteiger partial charge in [-0.15, -0.1) is 0 Å². The number of nitrogens with zero attached hydrogens (tertiary/aromatic N) is 4. The fraction of sp³-hybridized carbons (Fsp3) is 0.579. The molecule has 1 aromatic rings. The van der Waals surface area contributed by atoms with Gasteiger partial charge in [0, 0.05) is 26.2 Å². The number of likely N-dealkylation sites (N-methyl/N-ethyl adjacent to an activating group) is 1. The summed E-state index contributed by atoms with van der Waals surface area (Å²) >= 11 is 0. The number of piperazine rings is 1. The van der Waals surface area contributed by atoms with Gasteiger partial charge in [0.1, 0.15) is 6.07 Å². The molecule has 0 radical (unpaired) electrons. The van der Waals surface area contributed by atoms with Crippen molar-refractivity contribution in [1.29, 1.82) is 5.26 Å². The Bertz CT molecular complexity index is 780. The zero-order valence-corrected chi connectivity index (χ0v) is 16.9. The zero-order chi connectivity index (χ0) is 19.9. The molecule has 0 atom stereocenters. The molecule has 8 heteroatoms. The van der Waals surface area contributed by atoms with Crippen LogP contribution >= 0.6 is 0 Å². The number of carbonyl (C=O) groups excluding carboxylic acids is 1. The third-order valence-electron chi connectivity index (χ3n) is 4.85. The van der Waals surface area contributed by atoms with Crippen LogP contribution in [0.5, 0.6) is 0 Å². The number of hydrogen-bond acceptors (Lipinski definition) is 5. The number of sulfonamides is 1. The molecule has 1 heterocycles. The Kier molecular flexibility index (Phi) is 7.78. The monoisotopic (exact) mass is 392 g/mol. The van der Waals surface area contributed by atoms with E-state index < -0.39 is 10.0 Å². The summed E-state index contributed by atoms with van der Waals surface area (Å²) in [5.74, 6) is 0.0439. The second-order valence-electron chi connectivity index (χ2n) is 6.62. The molecule has 1 aliphatic heterocycles. The van der Waals surface area contributed by atoms with E-state index in [-0.39, 0.29) is 29.5 Å². The zero-order valence-electron chi connectivity index (χ0n) is 16.1. The van der Waals surface area contributed by atoms with Gasteiger partial charge in [-0.2, -0.15) is 9.57 Å². The number of hydrogen-bond donors (Lipinski definition) is 0. The molecule has 0 N–H and O–H groups in total. The van der Waals surface area contributed by atoms with Crippen molar-refractivity contribution >= 4 is 15.9 Å². The van der Waals surface area contributed by atoms with Crippen molar-refractivity contribution in [2.45, 2.75) is 31.6 Å². The minimum absolute atomic E-state index is 0.0315. The van der Waals surface area contributed by atoms with E-state index in [2.05, 4.69) is 11.8 Å². The molecule has 0 aromatic heterocycles. The van der Waals surface area contributed by atoms with Crippen molar-refractivity contribution in [2.75, 3.05) is 45.8 Å². The molecule has 1 aliphatic rings. The van der Waals surface area contributed by atoms with Gasteiger partial charge >= 0.3 is 0 Å². The molecular formula is C19H28N4O3S. The molecule has 0 saturated carbocycles. The van der Waals surface area contributed by atoms with E-state index in [1.165, 1.54) is 16.4 Å². The second kappa shape index (κ2) is 9.83.